The summed E-state index contributed by atoms with van der Waals surface area (Å²) in [7, 11) is 1.34. The van der Waals surface area contributed by atoms with Crippen molar-refractivity contribution in [3.05, 3.63) is 89.5 Å². The van der Waals surface area contributed by atoms with E-state index in [0.717, 1.165) is 49.0 Å². The zero-order valence-corrected chi connectivity index (χ0v) is 23.4. The molecule has 1 aliphatic heterocycles. The third kappa shape index (κ3) is 8.41. The summed E-state index contributed by atoms with van der Waals surface area (Å²) in [6.45, 7) is 4.23. The van der Waals surface area contributed by atoms with Crippen LogP contribution in [0.25, 0.3) is 11.1 Å². The van der Waals surface area contributed by atoms with E-state index >= 15 is 0 Å². The molecule has 0 aromatic heterocycles. The lowest BCUT2D eigenvalue weighted by Gasteiger charge is -2.32. The van der Waals surface area contributed by atoms with Crippen LogP contribution < -0.4 is 10.1 Å². The van der Waals surface area contributed by atoms with Crippen molar-refractivity contribution in [2.45, 2.75) is 32.8 Å². The molecule has 1 fully saturated rings. The van der Waals surface area contributed by atoms with E-state index in [1.807, 2.05) is 49.4 Å². The molecule has 1 saturated heterocycles. The number of amides is 1. The van der Waals surface area contributed by atoms with Gasteiger partial charge in [0.2, 0.25) is 0 Å². The zero-order chi connectivity index (χ0) is 29.2. The molecule has 1 amide bonds. The first-order valence-electron chi connectivity index (χ1n) is 13.7. The van der Waals surface area contributed by atoms with Crippen molar-refractivity contribution in [2.24, 2.45) is 5.92 Å². The minimum absolute atomic E-state index is 0.102. The molecule has 3 aromatic rings. The monoisotopic (exact) mass is 556 g/mol. The van der Waals surface area contributed by atoms with Crippen LogP contribution in [-0.2, 0) is 16.1 Å². The topological polar surface area (TPSA) is 125 Å². The van der Waals surface area contributed by atoms with Gasteiger partial charge in [-0.05, 0) is 73.1 Å². The summed E-state index contributed by atoms with van der Waals surface area (Å²) in [4.78, 5) is 26.8. The molecule has 0 unspecified atom stereocenters. The van der Waals surface area contributed by atoms with Crippen molar-refractivity contribution in [2.75, 3.05) is 26.8 Å². The highest BCUT2D eigenvalue weighted by atomic mass is 16.5. The summed E-state index contributed by atoms with van der Waals surface area (Å²) in [5.74, 6) is 1.12. The van der Waals surface area contributed by atoms with Crippen molar-refractivity contribution in [3.63, 3.8) is 0 Å². The number of piperidine rings is 1. The summed E-state index contributed by atoms with van der Waals surface area (Å²) in [6.07, 6.45) is 2.23. The van der Waals surface area contributed by atoms with Crippen molar-refractivity contribution >= 4 is 23.7 Å². The lowest BCUT2D eigenvalue weighted by Crippen LogP contribution is -2.36. The van der Waals surface area contributed by atoms with Gasteiger partial charge in [0.15, 0.2) is 0 Å². The molecule has 9 heteroatoms. The Morgan fingerprint density at radius 1 is 0.927 bits per heavy atom. The molecule has 1 heterocycles. The van der Waals surface area contributed by atoms with Crippen LogP contribution in [0.4, 0.5) is 4.79 Å². The van der Waals surface area contributed by atoms with Gasteiger partial charge in [0.1, 0.15) is 18.2 Å². The molecule has 41 heavy (non-hydrogen) atoms. The van der Waals surface area contributed by atoms with Crippen LogP contribution in [0.2, 0.25) is 0 Å². The molecule has 0 aliphatic carbocycles. The largest absolute Gasteiger partial charge is 0.494 e. The molecule has 0 radical (unpaired) electrons. The second-order valence-electron chi connectivity index (χ2n) is 10.0. The van der Waals surface area contributed by atoms with Crippen LogP contribution in [-0.4, -0.2) is 55.4 Å². The fourth-order valence-corrected chi connectivity index (χ4v) is 4.77. The average Bonchev–Trinajstić information content (AvgIpc) is 3.00. The number of esters is 1. The Labute approximate surface area is 240 Å². The smallest absolute Gasteiger partial charge is 0.413 e. The Hall–Kier alpha value is -4.66. The number of hydrogen-bond acceptors (Lipinski definition) is 7. The summed E-state index contributed by atoms with van der Waals surface area (Å²) < 4.78 is 16.3. The minimum Gasteiger partial charge on any atom is -0.494 e. The van der Waals surface area contributed by atoms with Crippen molar-refractivity contribution in [1.29, 1.82) is 10.8 Å². The van der Waals surface area contributed by atoms with Gasteiger partial charge in [-0.1, -0.05) is 48.5 Å². The van der Waals surface area contributed by atoms with Gasteiger partial charge in [-0.15, -0.1) is 0 Å². The molecule has 3 aromatic carbocycles. The standard InChI is InChI=1S/C32H36N4O5/c1-22(33)36-14-11-23(12-15-36)13-16-40-29-19-27(18-28(20-29)31(37)39-2)25-9-6-10-26(17-25)30(34)35-32(38)41-21-24-7-4-3-5-8-24/h3-10,17-20,23,33H,11-16,21H2,1-2H3,(H2,34,35,38). The van der Waals surface area contributed by atoms with Crippen molar-refractivity contribution < 1.29 is 23.8 Å². The highest BCUT2D eigenvalue weighted by Crippen LogP contribution is 2.28. The van der Waals surface area contributed by atoms with Crippen molar-refractivity contribution in [3.8, 4) is 16.9 Å². The number of carbonyl (C=O) groups is 2. The van der Waals surface area contributed by atoms with E-state index in [4.69, 9.17) is 25.0 Å². The third-order valence-corrected chi connectivity index (χ3v) is 7.14. The van der Waals surface area contributed by atoms with E-state index < -0.39 is 12.1 Å². The summed E-state index contributed by atoms with van der Waals surface area (Å²) in [5.41, 5.74) is 3.16. The van der Waals surface area contributed by atoms with E-state index in [1.165, 1.54) is 7.11 Å². The molecule has 0 spiro atoms. The minimum atomic E-state index is -0.716. The van der Waals surface area contributed by atoms with Gasteiger partial charge in [-0.2, -0.15) is 0 Å². The molecule has 0 saturated carbocycles. The van der Waals surface area contributed by atoms with E-state index in [-0.39, 0.29) is 12.4 Å². The molecule has 0 bridgehead atoms. The zero-order valence-electron chi connectivity index (χ0n) is 23.4. The van der Waals surface area contributed by atoms with Gasteiger partial charge >= 0.3 is 12.1 Å². The van der Waals surface area contributed by atoms with Crippen LogP contribution in [0.5, 0.6) is 5.75 Å². The molecule has 9 nitrogen and oxygen atoms in total. The number of rotatable bonds is 9. The maximum Gasteiger partial charge on any atom is 0.413 e. The number of amidine groups is 2. The Morgan fingerprint density at radius 2 is 1.66 bits per heavy atom. The Bertz CT molecular complexity index is 1380. The Kier molecular flexibility index (Phi) is 10.1. The van der Waals surface area contributed by atoms with Gasteiger partial charge in [0.25, 0.3) is 0 Å². The molecule has 214 valence electrons. The molecule has 3 N–H and O–H groups in total. The number of nitrogens with zero attached hydrogens (tertiary/aromatic N) is 1. The number of nitrogens with one attached hydrogen (secondary N) is 3. The third-order valence-electron chi connectivity index (χ3n) is 7.14. The number of alkyl carbamates (subject to hydrolysis) is 1. The fraction of sp³-hybridized carbons (Fsp3) is 0.312. The number of carbonyl (C=O) groups excluding carboxylic acids is 2. The number of likely N-dealkylation sites (tertiary alicyclic amines) is 1. The summed E-state index contributed by atoms with van der Waals surface area (Å²) in [6, 6.07) is 21.7. The van der Waals surface area contributed by atoms with Crippen LogP contribution in [0.15, 0.2) is 72.8 Å². The summed E-state index contributed by atoms with van der Waals surface area (Å²) in [5, 5.41) is 18.7. The number of hydrogen-bond donors (Lipinski definition) is 3. The Morgan fingerprint density at radius 3 is 2.37 bits per heavy atom. The molecular weight excluding hydrogens is 520 g/mol. The van der Waals surface area contributed by atoms with Crippen LogP contribution in [0.3, 0.4) is 0 Å². The highest BCUT2D eigenvalue weighted by molar-refractivity contribution is 6.05. The van der Waals surface area contributed by atoms with Crippen LogP contribution >= 0.6 is 0 Å². The number of methoxy groups -OCH3 is 1. The SMILES string of the molecule is COC(=O)c1cc(OCCC2CCN(C(C)=N)CC2)cc(-c2cccc(C(=N)NC(=O)OCc3ccccc3)c2)c1. The van der Waals surface area contributed by atoms with E-state index in [1.54, 1.807) is 30.3 Å². The predicted octanol–water partition coefficient (Wildman–Crippen LogP) is 5.87. The number of ether oxygens (including phenoxy) is 3. The lowest BCUT2D eigenvalue weighted by atomic mass is 9.94. The maximum atomic E-state index is 12.4. The van der Waals surface area contributed by atoms with E-state index in [2.05, 4.69) is 10.2 Å². The highest BCUT2D eigenvalue weighted by Gasteiger charge is 2.20. The second kappa shape index (κ2) is 14.1. The first-order chi connectivity index (χ1) is 19.8. The van der Waals surface area contributed by atoms with E-state index in [9.17, 15) is 9.59 Å². The molecular formula is C32H36N4O5. The fourth-order valence-electron chi connectivity index (χ4n) is 4.77. The van der Waals surface area contributed by atoms with Crippen molar-refractivity contribution in [1.82, 2.24) is 10.2 Å². The predicted molar refractivity (Wildman–Crippen MR) is 158 cm³/mol. The van der Waals surface area contributed by atoms with Gasteiger partial charge in [-0.25, -0.2) is 9.59 Å². The maximum absolute atomic E-state index is 12.4. The van der Waals surface area contributed by atoms with Gasteiger partial charge in [-0.3, -0.25) is 16.1 Å². The van der Waals surface area contributed by atoms with Crippen LogP contribution in [0, 0.1) is 16.7 Å². The first-order valence-corrected chi connectivity index (χ1v) is 13.7. The molecule has 0 atom stereocenters. The molecule has 1 aliphatic rings. The van der Waals surface area contributed by atoms with Gasteiger partial charge in [0.05, 0.1) is 25.1 Å². The normalized spacial score (nSPS) is 13.3. The van der Waals surface area contributed by atoms with Gasteiger partial charge in [0, 0.05) is 18.7 Å². The van der Waals surface area contributed by atoms with E-state index in [0.29, 0.717) is 35.2 Å². The number of benzene rings is 3. The average molecular weight is 557 g/mol. The first kappa shape index (κ1) is 29.3. The molecule has 4 rings (SSSR count). The van der Waals surface area contributed by atoms with Crippen LogP contribution in [0.1, 0.15) is 47.7 Å². The second-order valence-corrected chi connectivity index (χ2v) is 10.0. The quantitative estimate of drug-likeness (QED) is 0.172. The summed E-state index contributed by atoms with van der Waals surface area (Å²) >= 11 is 0. The Balaban J connectivity index is 1.41. The van der Waals surface area contributed by atoms with Gasteiger partial charge < -0.3 is 19.1 Å². The lowest BCUT2D eigenvalue weighted by molar-refractivity contribution is 0.0600.